The Hall–Kier alpha value is -1.70. The van der Waals surface area contributed by atoms with Gasteiger partial charge >= 0.3 is 0 Å². The third kappa shape index (κ3) is 3.16. The van der Waals surface area contributed by atoms with Crippen LogP contribution in [0.15, 0.2) is 35.0 Å². The molecule has 0 saturated heterocycles. The number of nitriles is 1. The molecule has 0 aliphatic carbocycles. The summed E-state index contributed by atoms with van der Waals surface area (Å²) >= 11 is 1.68. The van der Waals surface area contributed by atoms with Crippen LogP contribution < -0.4 is 0 Å². The number of thiophene rings is 1. The van der Waals surface area contributed by atoms with Crippen LogP contribution in [0.4, 0.5) is 4.39 Å². The van der Waals surface area contributed by atoms with Crippen LogP contribution in [0, 0.1) is 17.1 Å². The summed E-state index contributed by atoms with van der Waals surface area (Å²) in [5, 5.41) is 12.9. The normalized spacial score (nSPS) is 10.6. The van der Waals surface area contributed by atoms with E-state index in [-0.39, 0.29) is 5.56 Å². The van der Waals surface area contributed by atoms with E-state index in [1.54, 1.807) is 23.5 Å². The van der Waals surface area contributed by atoms with Gasteiger partial charge in [-0.15, -0.1) is 0 Å². The lowest BCUT2D eigenvalue weighted by Crippen LogP contribution is -2.16. The van der Waals surface area contributed by atoms with Crippen molar-refractivity contribution in [2.75, 3.05) is 7.05 Å². The summed E-state index contributed by atoms with van der Waals surface area (Å²) in [6, 6.07) is 8.64. The molecule has 0 N–H and O–H groups in total. The summed E-state index contributed by atoms with van der Waals surface area (Å²) in [6.07, 6.45) is 0. The van der Waals surface area contributed by atoms with Crippen LogP contribution in [-0.2, 0) is 13.1 Å². The van der Waals surface area contributed by atoms with E-state index in [2.05, 4.69) is 21.7 Å². The molecule has 2 nitrogen and oxygen atoms in total. The van der Waals surface area contributed by atoms with E-state index in [1.165, 1.54) is 11.6 Å². The number of benzene rings is 1. The van der Waals surface area contributed by atoms with Crippen molar-refractivity contribution in [1.82, 2.24) is 4.90 Å². The Morgan fingerprint density at radius 1 is 1.28 bits per heavy atom. The average Bonchev–Trinajstić information content (AvgIpc) is 2.84. The van der Waals surface area contributed by atoms with Gasteiger partial charge in [0.2, 0.25) is 0 Å². The maximum atomic E-state index is 13.2. The van der Waals surface area contributed by atoms with Gasteiger partial charge in [-0.3, -0.25) is 4.90 Å². The second kappa shape index (κ2) is 5.76. The topological polar surface area (TPSA) is 27.0 Å². The average molecular weight is 260 g/mol. The maximum Gasteiger partial charge on any atom is 0.140 e. The van der Waals surface area contributed by atoms with Gasteiger partial charge in [0.05, 0.1) is 5.56 Å². The van der Waals surface area contributed by atoms with Gasteiger partial charge in [0.1, 0.15) is 11.9 Å². The second-order valence-electron chi connectivity index (χ2n) is 4.23. The Kier molecular flexibility index (Phi) is 4.08. The van der Waals surface area contributed by atoms with Crippen molar-refractivity contribution >= 4 is 11.3 Å². The van der Waals surface area contributed by atoms with Crippen LogP contribution >= 0.6 is 11.3 Å². The molecule has 4 heteroatoms. The van der Waals surface area contributed by atoms with Crippen LogP contribution in [0.5, 0.6) is 0 Å². The summed E-state index contributed by atoms with van der Waals surface area (Å²) in [5.74, 6) is -0.457. The van der Waals surface area contributed by atoms with E-state index in [0.717, 1.165) is 12.1 Å². The molecule has 0 unspecified atom stereocenters. The standard InChI is InChI=1S/C14H13FN2S/c1-17(9-12-4-5-18-10-12)8-11-2-3-14(15)13(6-11)7-16/h2-6,10H,8-9H2,1H3. The molecule has 0 aliphatic heterocycles. The summed E-state index contributed by atoms with van der Waals surface area (Å²) in [7, 11) is 2.01. The zero-order chi connectivity index (χ0) is 13.0. The van der Waals surface area contributed by atoms with Crippen molar-refractivity contribution in [3.63, 3.8) is 0 Å². The van der Waals surface area contributed by atoms with Gasteiger partial charge in [-0.2, -0.15) is 16.6 Å². The zero-order valence-corrected chi connectivity index (χ0v) is 10.9. The zero-order valence-electron chi connectivity index (χ0n) is 10.1. The summed E-state index contributed by atoms with van der Waals surface area (Å²) in [4.78, 5) is 2.14. The third-order valence-corrected chi connectivity index (χ3v) is 3.37. The summed E-state index contributed by atoms with van der Waals surface area (Å²) in [5.41, 5.74) is 2.33. The fourth-order valence-electron chi connectivity index (χ4n) is 1.82. The first-order valence-corrected chi connectivity index (χ1v) is 6.51. The Morgan fingerprint density at radius 2 is 2.06 bits per heavy atom. The summed E-state index contributed by atoms with van der Waals surface area (Å²) in [6.45, 7) is 1.55. The number of nitrogens with zero attached hydrogens (tertiary/aromatic N) is 2. The predicted octanol–water partition coefficient (Wildman–Crippen LogP) is 3.39. The molecular weight excluding hydrogens is 247 g/mol. The number of hydrogen-bond donors (Lipinski definition) is 0. The SMILES string of the molecule is CN(Cc1ccsc1)Cc1ccc(F)c(C#N)c1. The van der Waals surface area contributed by atoms with Crippen LogP contribution in [-0.4, -0.2) is 11.9 Å². The van der Waals surface area contributed by atoms with Crippen LogP contribution in [0.25, 0.3) is 0 Å². The molecule has 1 aromatic heterocycles. The Bertz CT molecular complexity index is 558. The highest BCUT2D eigenvalue weighted by Gasteiger charge is 2.06. The highest BCUT2D eigenvalue weighted by atomic mass is 32.1. The number of halogens is 1. The molecule has 2 rings (SSSR count). The minimum Gasteiger partial charge on any atom is -0.298 e. The van der Waals surface area contributed by atoms with E-state index < -0.39 is 5.82 Å². The van der Waals surface area contributed by atoms with Crippen molar-refractivity contribution in [2.45, 2.75) is 13.1 Å². The first kappa shape index (κ1) is 12.7. The van der Waals surface area contributed by atoms with Gasteiger partial charge in [0.15, 0.2) is 0 Å². The van der Waals surface area contributed by atoms with Gasteiger partial charge in [0.25, 0.3) is 0 Å². The lowest BCUT2D eigenvalue weighted by atomic mass is 10.1. The molecule has 0 saturated carbocycles. The lowest BCUT2D eigenvalue weighted by molar-refractivity contribution is 0.319. The fourth-order valence-corrected chi connectivity index (χ4v) is 2.48. The van der Waals surface area contributed by atoms with Crippen molar-refractivity contribution < 1.29 is 4.39 Å². The molecule has 0 fully saturated rings. The van der Waals surface area contributed by atoms with Crippen LogP contribution in [0.1, 0.15) is 16.7 Å². The maximum absolute atomic E-state index is 13.2. The first-order valence-electron chi connectivity index (χ1n) is 5.57. The molecule has 18 heavy (non-hydrogen) atoms. The van der Waals surface area contributed by atoms with E-state index in [1.807, 2.05) is 13.1 Å². The van der Waals surface area contributed by atoms with Gasteiger partial charge in [-0.05, 0) is 47.1 Å². The van der Waals surface area contributed by atoms with Crippen LogP contribution in [0.3, 0.4) is 0 Å². The van der Waals surface area contributed by atoms with Crippen molar-refractivity contribution in [2.24, 2.45) is 0 Å². The highest BCUT2D eigenvalue weighted by Crippen LogP contribution is 2.13. The Labute approximate surface area is 110 Å². The quantitative estimate of drug-likeness (QED) is 0.842. The largest absolute Gasteiger partial charge is 0.298 e. The molecule has 0 spiro atoms. The summed E-state index contributed by atoms with van der Waals surface area (Å²) < 4.78 is 13.2. The molecule has 1 aromatic carbocycles. The molecule has 0 atom stereocenters. The minimum absolute atomic E-state index is 0.108. The monoisotopic (exact) mass is 260 g/mol. The van der Waals surface area contributed by atoms with Gasteiger partial charge in [-0.25, -0.2) is 4.39 Å². The molecule has 0 bridgehead atoms. The molecule has 0 radical (unpaired) electrons. The third-order valence-electron chi connectivity index (χ3n) is 2.64. The van der Waals surface area contributed by atoms with Crippen molar-refractivity contribution in [3.05, 3.63) is 57.5 Å². The van der Waals surface area contributed by atoms with Crippen molar-refractivity contribution in [3.8, 4) is 6.07 Å². The first-order chi connectivity index (χ1) is 8.69. The van der Waals surface area contributed by atoms with Gasteiger partial charge in [-0.1, -0.05) is 6.07 Å². The van der Waals surface area contributed by atoms with E-state index in [0.29, 0.717) is 6.54 Å². The van der Waals surface area contributed by atoms with E-state index in [4.69, 9.17) is 5.26 Å². The molecular formula is C14H13FN2S. The number of hydrogen-bond acceptors (Lipinski definition) is 3. The fraction of sp³-hybridized carbons (Fsp3) is 0.214. The molecule has 0 aliphatic rings. The van der Waals surface area contributed by atoms with Gasteiger partial charge in [0, 0.05) is 13.1 Å². The van der Waals surface area contributed by atoms with E-state index >= 15 is 0 Å². The smallest absolute Gasteiger partial charge is 0.140 e. The Morgan fingerprint density at radius 3 is 2.72 bits per heavy atom. The minimum atomic E-state index is -0.457. The molecule has 1 heterocycles. The molecule has 2 aromatic rings. The number of rotatable bonds is 4. The van der Waals surface area contributed by atoms with E-state index in [9.17, 15) is 4.39 Å². The second-order valence-corrected chi connectivity index (χ2v) is 5.01. The van der Waals surface area contributed by atoms with Gasteiger partial charge < -0.3 is 0 Å². The molecule has 0 amide bonds. The Balaban J connectivity index is 2.03. The predicted molar refractivity (Wildman–Crippen MR) is 70.6 cm³/mol. The van der Waals surface area contributed by atoms with Crippen molar-refractivity contribution in [1.29, 1.82) is 5.26 Å². The van der Waals surface area contributed by atoms with Crippen LogP contribution in [0.2, 0.25) is 0 Å². The lowest BCUT2D eigenvalue weighted by Gasteiger charge is -2.16. The molecule has 92 valence electrons. The highest BCUT2D eigenvalue weighted by molar-refractivity contribution is 7.07.